The second-order valence-electron chi connectivity index (χ2n) is 4.78. The van der Waals surface area contributed by atoms with E-state index in [9.17, 15) is 5.21 Å². The second kappa shape index (κ2) is 3.84. The predicted octanol–water partition coefficient (Wildman–Crippen LogP) is 2.27. The van der Waals surface area contributed by atoms with E-state index in [-0.39, 0.29) is 0 Å². The van der Waals surface area contributed by atoms with Crippen molar-refractivity contribution in [1.82, 2.24) is 15.1 Å². The molecule has 2 aromatic heterocycles. The topological polar surface area (TPSA) is 65.6 Å². The molecule has 0 aliphatic carbocycles. The highest BCUT2D eigenvalue weighted by atomic mass is 16.5. The Kier molecular flexibility index (Phi) is 2.12. The first-order valence-electron chi connectivity index (χ1n) is 6.29. The van der Waals surface area contributed by atoms with Crippen LogP contribution in [0.15, 0.2) is 42.5 Å². The van der Waals surface area contributed by atoms with Crippen LogP contribution in [0.3, 0.4) is 0 Å². The molecule has 4 aromatic rings. The molecule has 0 radical (unpaired) electrons. The monoisotopic (exact) mass is 262 g/mol. The molecule has 0 bridgehead atoms. The van der Waals surface area contributed by atoms with Gasteiger partial charge in [0.1, 0.15) is 5.52 Å². The fourth-order valence-electron chi connectivity index (χ4n) is 2.38. The fourth-order valence-corrected chi connectivity index (χ4v) is 2.38. The third kappa shape index (κ3) is 1.50. The molecule has 2 aromatic carbocycles. The van der Waals surface area contributed by atoms with Crippen molar-refractivity contribution in [1.29, 1.82) is 0 Å². The van der Waals surface area contributed by atoms with Gasteiger partial charge in [-0.3, -0.25) is 0 Å². The van der Waals surface area contributed by atoms with Gasteiger partial charge in [-0.15, -0.1) is 0 Å². The van der Waals surface area contributed by atoms with Gasteiger partial charge < -0.3 is 5.21 Å². The number of rotatable bonds is 0. The molecule has 5 heteroatoms. The number of benzene rings is 2. The molecule has 0 saturated carbocycles. The van der Waals surface area contributed by atoms with Gasteiger partial charge in [-0.25, -0.2) is 9.97 Å². The van der Waals surface area contributed by atoms with Crippen molar-refractivity contribution in [3.05, 3.63) is 53.2 Å². The third-order valence-corrected chi connectivity index (χ3v) is 3.35. The minimum atomic E-state index is 0.370. The zero-order valence-electron chi connectivity index (χ0n) is 10.7. The molecule has 0 atom stereocenters. The van der Waals surface area contributed by atoms with Crippen LogP contribution in [-0.2, 0) is 0 Å². The molecule has 0 N–H and O–H groups in total. The maximum absolute atomic E-state index is 12.0. The molecule has 0 spiro atoms. The zero-order valence-corrected chi connectivity index (χ0v) is 10.7. The average Bonchev–Trinajstić information content (AvgIpc) is 2.46. The normalized spacial score (nSPS) is 11.4. The Morgan fingerprint density at radius 3 is 2.55 bits per heavy atom. The molecule has 0 fully saturated rings. The number of hydrogen-bond donors (Lipinski definition) is 0. The Balaban J connectivity index is 2.26. The number of hydrogen-bond acceptors (Lipinski definition) is 4. The smallest absolute Gasteiger partial charge is 0.254 e. The zero-order chi connectivity index (χ0) is 13.7. The lowest BCUT2D eigenvalue weighted by Gasteiger charge is -2.04. The first kappa shape index (κ1) is 11.0. The van der Waals surface area contributed by atoms with E-state index in [2.05, 4.69) is 15.1 Å². The standard InChI is InChI=1S/C15H10N4O/c1-9-6-7-10-13(8-9)19(20)18-15-14(10)16-11-4-2-3-5-12(11)17-15/h2-8H,1H3. The summed E-state index contributed by atoms with van der Waals surface area (Å²) in [7, 11) is 0. The maximum atomic E-state index is 12.0. The van der Waals surface area contributed by atoms with Crippen LogP contribution in [0.2, 0.25) is 0 Å². The summed E-state index contributed by atoms with van der Waals surface area (Å²) < 4.78 is 0. The van der Waals surface area contributed by atoms with Crippen LogP contribution in [0.25, 0.3) is 33.1 Å². The summed E-state index contributed by atoms with van der Waals surface area (Å²) in [5.74, 6) is 0. The highest BCUT2D eigenvalue weighted by molar-refractivity contribution is 6.01. The molecule has 0 unspecified atom stereocenters. The summed E-state index contributed by atoms with van der Waals surface area (Å²) in [5, 5.41) is 16.8. The highest BCUT2D eigenvalue weighted by Crippen LogP contribution is 2.21. The van der Waals surface area contributed by atoms with E-state index >= 15 is 0 Å². The van der Waals surface area contributed by atoms with Gasteiger partial charge in [0.15, 0.2) is 0 Å². The molecule has 4 rings (SSSR count). The van der Waals surface area contributed by atoms with Crippen LogP contribution in [-0.4, -0.2) is 15.1 Å². The van der Waals surface area contributed by atoms with E-state index in [0.717, 1.165) is 22.0 Å². The minimum Gasteiger partial charge on any atom is -0.594 e. The minimum absolute atomic E-state index is 0.370. The van der Waals surface area contributed by atoms with Gasteiger partial charge in [0.25, 0.3) is 5.52 Å². The van der Waals surface area contributed by atoms with Crippen molar-refractivity contribution in [2.45, 2.75) is 6.92 Å². The molecule has 2 heterocycles. The van der Waals surface area contributed by atoms with Crippen LogP contribution in [0.5, 0.6) is 0 Å². The molecule has 0 amide bonds. The van der Waals surface area contributed by atoms with Crippen molar-refractivity contribution in [3.8, 4) is 0 Å². The number of aryl methyl sites for hydroxylation is 1. The summed E-state index contributed by atoms with van der Waals surface area (Å²) in [5.41, 5.74) is 4.09. The lowest BCUT2D eigenvalue weighted by Crippen LogP contribution is -2.32. The van der Waals surface area contributed by atoms with Gasteiger partial charge in [-0.05, 0) is 35.5 Å². The van der Waals surface area contributed by atoms with Crippen LogP contribution in [0, 0.1) is 12.1 Å². The maximum Gasteiger partial charge on any atom is 0.254 e. The van der Waals surface area contributed by atoms with E-state index in [1.165, 1.54) is 0 Å². The molecule has 0 aliphatic rings. The Hall–Kier alpha value is -2.82. The predicted molar refractivity (Wildman–Crippen MR) is 76.0 cm³/mol. The molecule has 0 aliphatic heterocycles. The third-order valence-electron chi connectivity index (χ3n) is 3.35. The van der Waals surface area contributed by atoms with E-state index in [4.69, 9.17) is 0 Å². The van der Waals surface area contributed by atoms with Gasteiger partial charge >= 0.3 is 0 Å². The molecule has 0 saturated heterocycles. The van der Waals surface area contributed by atoms with E-state index in [1.807, 2.05) is 49.4 Å². The van der Waals surface area contributed by atoms with E-state index in [1.54, 1.807) is 0 Å². The Bertz CT molecular complexity index is 981. The Morgan fingerprint density at radius 1 is 1.00 bits per heavy atom. The molecule has 20 heavy (non-hydrogen) atoms. The molecule has 96 valence electrons. The first-order valence-corrected chi connectivity index (χ1v) is 6.29. The van der Waals surface area contributed by atoms with Crippen molar-refractivity contribution in [3.63, 3.8) is 0 Å². The number of aromatic nitrogens is 4. The highest BCUT2D eigenvalue weighted by Gasteiger charge is 2.14. The SMILES string of the molecule is Cc1ccc2c3nc4ccccc4nc3n[n+]([O-])c2c1. The van der Waals surface area contributed by atoms with Crippen LogP contribution < -0.4 is 4.85 Å². The van der Waals surface area contributed by atoms with Gasteiger partial charge in [-0.2, -0.15) is 0 Å². The van der Waals surface area contributed by atoms with Gasteiger partial charge in [0.2, 0.25) is 5.65 Å². The van der Waals surface area contributed by atoms with Crippen molar-refractivity contribution >= 4 is 33.1 Å². The largest absolute Gasteiger partial charge is 0.594 e. The summed E-state index contributed by atoms with van der Waals surface area (Å²) in [6, 6.07) is 13.2. The van der Waals surface area contributed by atoms with Crippen molar-refractivity contribution in [2.24, 2.45) is 0 Å². The Morgan fingerprint density at radius 2 is 1.75 bits per heavy atom. The van der Waals surface area contributed by atoms with Crippen molar-refractivity contribution in [2.75, 3.05) is 0 Å². The first-order chi connectivity index (χ1) is 9.72. The van der Waals surface area contributed by atoms with Crippen LogP contribution in [0.4, 0.5) is 0 Å². The fraction of sp³-hybridized carbons (Fsp3) is 0.0667. The molecular weight excluding hydrogens is 252 g/mol. The van der Waals surface area contributed by atoms with Crippen molar-refractivity contribution < 1.29 is 4.85 Å². The lowest BCUT2D eigenvalue weighted by molar-refractivity contribution is -0.640. The van der Waals surface area contributed by atoms with E-state index in [0.29, 0.717) is 21.5 Å². The number of para-hydroxylation sites is 2. The summed E-state index contributed by atoms with van der Waals surface area (Å²) >= 11 is 0. The van der Waals surface area contributed by atoms with Crippen LogP contribution >= 0.6 is 0 Å². The lowest BCUT2D eigenvalue weighted by atomic mass is 10.1. The van der Waals surface area contributed by atoms with Gasteiger partial charge in [0, 0.05) is 11.2 Å². The van der Waals surface area contributed by atoms with Crippen LogP contribution in [0.1, 0.15) is 5.56 Å². The molecular formula is C15H10N4O. The van der Waals surface area contributed by atoms with Gasteiger partial charge in [-0.1, -0.05) is 18.2 Å². The van der Waals surface area contributed by atoms with E-state index < -0.39 is 0 Å². The summed E-state index contributed by atoms with van der Waals surface area (Å²) in [6.07, 6.45) is 0. The summed E-state index contributed by atoms with van der Waals surface area (Å²) in [4.78, 5) is 9.64. The second-order valence-corrected chi connectivity index (χ2v) is 4.78. The Labute approximate surface area is 114 Å². The number of nitrogens with zero attached hydrogens (tertiary/aromatic N) is 4. The van der Waals surface area contributed by atoms with Gasteiger partial charge in [0.05, 0.1) is 16.4 Å². The molecule has 5 nitrogen and oxygen atoms in total. The average molecular weight is 262 g/mol. The summed E-state index contributed by atoms with van der Waals surface area (Å²) in [6.45, 7) is 1.94. The quantitative estimate of drug-likeness (QED) is 0.211. The number of fused-ring (bicyclic) bond motifs is 4.